The van der Waals surface area contributed by atoms with Crippen molar-refractivity contribution in [2.24, 2.45) is 0 Å². The van der Waals surface area contributed by atoms with Crippen LogP contribution in [0.5, 0.6) is 0 Å². The number of nitrogens with zero attached hydrogens (tertiary/aromatic N) is 2. The summed E-state index contributed by atoms with van der Waals surface area (Å²) in [5.74, 6) is 0.301. The molecule has 1 aliphatic carbocycles. The number of fused-ring (bicyclic) bond motifs is 1. The Morgan fingerprint density at radius 2 is 2.14 bits per heavy atom. The molecule has 2 aromatic rings. The van der Waals surface area contributed by atoms with Gasteiger partial charge in [0.1, 0.15) is 10.8 Å². The molecule has 3 rings (SSSR count). The van der Waals surface area contributed by atoms with Crippen molar-refractivity contribution in [2.75, 3.05) is 0 Å². The Kier molecular flexibility index (Phi) is 4.62. The van der Waals surface area contributed by atoms with E-state index in [0.29, 0.717) is 11.3 Å². The average Bonchev–Trinajstić information content (AvgIpc) is 2.99. The molecule has 116 valence electrons. The second-order valence-corrected chi connectivity index (χ2v) is 6.47. The molecule has 1 aromatic heterocycles. The molecule has 0 bridgehead atoms. The van der Waals surface area contributed by atoms with Crippen LogP contribution in [-0.2, 0) is 25.1 Å². The number of rotatable bonds is 5. The second-order valence-electron chi connectivity index (χ2n) is 5.51. The number of aromatic nitrogens is 2. The van der Waals surface area contributed by atoms with E-state index < -0.39 is 0 Å². The van der Waals surface area contributed by atoms with Crippen LogP contribution in [0.3, 0.4) is 0 Å². The van der Waals surface area contributed by atoms with Crippen molar-refractivity contribution >= 4 is 11.8 Å². The van der Waals surface area contributed by atoms with Crippen molar-refractivity contribution in [3.63, 3.8) is 0 Å². The first-order valence-corrected chi connectivity index (χ1v) is 8.68. The molecule has 22 heavy (non-hydrogen) atoms. The molecule has 0 unspecified atom stereocenters. The Balaban J connectivity index is 1.89. The molecule has 5 heteroatoms. The first-order chi connectivity index (χ1) is 10.7. The lowest BCUT2D eigenvalue weighted by molar-refractivity contribution is 0.597. The lowest BCUT2D eigenvalue weighted by Gasteiger charge is -2.13. The highest BCUT2D eigenvalue weighted by Gasteiger charge is 2.21. The van der Waals surface area contributed by atoms with Crippen molar-refractivity contribution in [1.82, 2.24) is 9.55 Å². The van der Waals surface area contributed by atoms with Gasteiger partial charge in [-0.2, -0.15) is 4.98 Å². The van der Waals surface area contributed by atoms with Gasteiger partial charge in [-0.15, -0.1) is 11.8 Å². The average molecular weight is 318 g/mol. The molecule has 0 amide bonds. The van der Waals surface area contributed by atoms with Crippen molar-refractivity contribution in [3.05, 3.63) is 57.4 Å². The third kappa shape index (κ3) is 2.95. The van der Waals surface area contributed by atoms with Crippen LogP contribution in [0.25, 0.3) is 0 Å². The first kappa shape index (κ1) is 15.3. The molecular formula is C17H19FN2OS. The molecule has 0 saturated carbocycles. The van der Waals surface area contributed by atoms with E-state index in [-0.39, 0.29) is 11.5 Å². The molecule has 0 N–H and O–H groups in total. The molecule has 0 atom stereocenters. The third-order valence-corrected chi connectivity index (χ3v) is 5.04. The van der Waals surface area contributed by atoms with E-state index in [0.717, 1.165) is 42.9 Å². The number of halogens is 1. The molecular weight excluding hydrogens is 299 g/mol. The van der Waals surface area contributed by atoms with Crippen LogP contribution in [0, 0.1) is 5.82 Å². The van der Waals surface area contributed by atoms with Crippen molar-refractivity contribution in [2.45, 2.75) is 49.9 Å². The van der Waals surface area contributed by atoms with Gasteiger partial charge in [0.05, 0.1) is 0 Å². The minimum Gasteiger partial charge on any atom is -0.296 e. The van der Waals surface area contributed by atoms with Crippen LogP contribution in [0.2, 0.25) is 0 Å². The zero-order valence-corrected chi connectivity index (χ0v) is 13.5. The topological polar surface area (TPSA) is 34.9 Å². The fourth-order valence-electron chi connectivity index (χ4n) is 2.92. The zero-order chi connectivity index (χ0) is 15.5. The zero-order valence-electron chi connectivity index (χ0n) is 12.6. The first-order valence-electron chi connectivity index (χ1n) is 7.69. The van der Waals surface area contributed by atoms with E-state index in [9.17, 15) is 9.18 Å². The van der Waals surface area contributed by atoms with Gasteiger partial charge >= 0.3 is 5.69 Å². The van der Waals surface area contributed by atoms with E-state index in [4.69, 9.17) is 0 Å². The monoisotopic (exact) mass is 318 g/mol. The number of hydrogen-bond donors (Lipinski definition) is 0. The fraction of sp³-hybridized carbons (Fsp3) is 0.412. The highest BCUT2D eigenvalue weighted by Crippen LogP contribution is 2.31. The number of thioether (sulfide) groups is 1. The molecule has 0 saturated heterocycles. The maximum Gasteiger partial charge on any atom is 0.348 e. The number of benzene rings is 1. The standard InChI is InChI=1S/C17H19FN2OS/c1-2-10-20-15-9-5-7-13(15)16(19-17(20)21)22-11-12-6-3-4-8-14(12)18/h3-4,6,8H,2,5,7,9-11H2,1H3. The van der Waals surface area contributed by atoms with Gasteiger partial charge in [-0.1, -0.05) is 25.1 Å². The molecule has 0 aliphatic heterocycles. The Morgan fingerprint density at radius 1 is 1.32 bits per heavy atom. The Bertz CT molecular complexity index is 742. The van der Waals surface area contributed by atoms with Gasteiger partial charge in [0, 0.05) is 23.6 Å². The van der Waals surface area contributed by atoms with E-state index in [1.54, 1.807) is 12.1 Å². The molecule has 0 spiro atoms. The largest absolute Gasteiger partial charge is 0.348 e. The van der Waals surface area contributed by atoms with Crippen LogP contribution in [0.15, 0.2) is 34.1 Å². The quantitative estimate of drug-likeness (QED) is 0.624. The van der Waals surface area contributed by atoms with Crippen molar-refractivity contribution in [1.29, 1.82) is 0 Å². The minimum absolute atomic E-state index is 0.168. The summed E-state index contributed by atoms with van der Waals surface area (Å²) in [6, 6.07) is 6.76. The van der Waals surface area contributed by atoms with Crippen LogP contribution in [-0.4, -0.2) is 9.55 Å². The summed E-state index contributed by atoms with van der Waals surface area (Å²) in [6.07, 6.45) is 3.90. The van der Waals surface area contributed by atoms with Crippen LogP contribution in [0.1, 0.15) is 36.6 Å². The molecule has 3 nitrogen and oxygen atoms in total. The summed E-state index contributed by atoms with van der Waals surface area (Å²) < 4.78 is 15.5. The fourth-order valence-corrected chi connectivity index (χ4v) is 3.98. The summed E-state index contributed by atoms with van der Waals surface area (Å²) in [5, 5.41) is 0.785. The Morgan fingerprint density at radius 3 is 2.91 bits per heavy atom. The van der Waals surface area contributed by atoms with E-state index in [1.165, 1.54) is 23.4 Å². The second kappa shape index (κ2) is 6.65. The summed E-state index contributed by atoms with van der Waals surface area (Å²) in [5.41, 5.74) is 2.81. The highest BCUT2D eigenvalue weighted by molar-refractivity contribution is 7.98. The van der Waals surface area contributed by atoms with Gasteiger partial charge in [0.15, 0.2) is 0 Å². The Labute approximate surface area is 133 Å². The van der Waals surface area contributed by atoms with E-state index in [1.807, 2.05) is 10.6 Å². The molecule has 1 aromatic carbocycles. The lowest BCUT2D eigenvalue weighted by atomic mass is 10.2. The van der Waals surface area contributed by atoms with Crippen LogP contribution < -0.4 is 5.69 Å². The lowest BCUT2D eigenvalue weighted by Crippen LogP contribution is -2.27. The molecule has 0 radical (unpaired) electrons. The van der Waals surface area contributed by atoms with Crippen LogP contribution >= 0.6 is 11.8 Å². The van der Waals surface area contributed by atoms with Gasteiger partial charge in [-0.25, -0.2) is 9.18 Å². The van der Waals surface area contributed by atoms with Gasteiger partial charge < -0.3 is 0 Å². The van der Waals surface area contributed by atoms with Gasteiger partial charge in [0.25, 0.3) is 0 Å². The minimum atomic E-state index is -0.203. The molecule has 0 fully saturated rings. The van der Waals surface area contributed by atoms with Crippen molar-refractivity contribution in [3.8, 4) is 0 Å². The SMILES string of the molecule is CCCn1c2c(c(SCc3ccccc3F)nc1=O)CCC2. The maximum atomic E-state index is 13.7. The van der Waals surface area contributed by atoms with Crippen molar-refractivity contribution < 1.29 is 4.39 Å². The summed E-state index contributed by atoms with van der Waals surface area (Å²) in [7, 11) is 0. The van der Waals surface area contributed by atoms with Gasteiger partial charge in [-0.05, 0) is 37.3 Å². The van der Waals surface area contributed by atoms with E-state index in [2.05, 4.69) is 11.9 Å². The molecule has 1 aliphatic rings. The highest BCUT2D eigenvalue weighted by atomic mass is 32.2. The number of hydrogen-bond acceptors (Lipinski definition) is 3. The maximum absolute atomic E-state index is 13.7. The third-order valence-electron chi connectivity index (χ3n) is 3.97. The summed E-state index contributed by atoms with van der Waals surface area (Å²) in [6.45, 7) is 2.79. The predicted molar refractivity (Wildman–Crippen MR) is 86.8 cm³/mol. The predicted octanol–water partition coefficient (Wildman–Crippen LogP) is 3.57. The summed E-state index contributed by atoms with van der Waals surface area (Å²) in [4.78, 5) is 16.5. The van der Waals surface area contributed by atoms with Gasteiger partial charge in [-0.3, -0.25) is 4.57 Å². The smallest absolute Gasteiger partial charge is 0.296 e. The molecule has 1 heterocycles. The Hall–Kier alpha value is -1.62. The van der Waals surface area contributed by atoms with Crippen LogP contribution in [0.4, 0.5) is 4.39 Å². The summed E-state index contributed by atoms with van der Waals surface area (Å²) >= 11 is 1.47. The van der Waals surface area contributed by atoms with Gasteiger partial charge in [0.2, 0.25) is 0 Å². The van der Waals surface area contributed by atoms with E-state index >= 15 is 0 Å². The normalized spacial score (nSPS) is 13.4.